The van der Waals surface area contributed by atoms with Crippen LogP contribution in [-0.4, -0.2) is 25.7 Å². The number of nitrogens with zero attached hydrogens (tertiary/aromatic N) is 3. The molecule has 0 unspecified atom stereocenters. The molecule has 1 aromatic heterocycles. The highest BCUT2D eigenvalue weighted by atomic mass is 32.1. The van der Waals surface area contributed by atoms with Gasteiger partial charge in [-0.25, -0.2) is 0 Å². The van der Waals surface area contributed by atoms with E-state index in [-0.39, 0.29) is 5.11 Å². The van der Waals surface area contributed by atoms with Crippen molar-refractivity contribution in [3.05, 3.63) is 24.3 Å². The molecule has 0 amide bonds. The lowest BCUT2D eigenvalue weighted by Crippen LogP contribution is -2.19. The first-order chi connectivity index (χ1) is 7.27. The van der Waals surface area contributed by atoms with Gasteiger partial charge in [-0.3, -0.25) is 0 Å². The minimum absolute atomic E-state index is 0.200. The highest BCUT2D eigenvalue weighted by molar-refractivity contribution is 7.80. The summed E-state index contributed by atoms with van der Waals surface area (Å²) in [5.74, 6) is 0.495. The third-order valence-electron chi connectivity index (χ3n) is 1.77. The Labute approximate surface area is 90.9 Å². The summed E-state index contributed by atoms with van der Waals surface area (Å²) < 4.78 is 0. The normalized spacial score (nSPS) is 9.87. The van der Waals surface area contributed by atoms with E-state index in [9.17, 15) is 0 Å². The first-order valence-corrected chi connectivity index (χ1v) is 4.57. The van der Waals surface area contributed by atoms with Crippen molar-refractivity contribution >= 4 is 23.0 Å². The molecule has 0 fully saturated rings. The standard InChI is InChI=1S/C8H8N6S/c9-8(15)10-6-4-2-1-3-5(6)7-11-13-14-12-7/h1-4H,(H3,9,10,15)(H,11,12,13,14). The summed E-state index contributed by atoms with van der Waals surface area (Å²) in [6.07, 6.45) is 0. The molecule has 0 aliphatic rings. The molecule has 15 heavy (non-hydrogen) atoms. The number of para-hydroxylation sites is 1. The number of hydrogen-bond donors (Lipinski definition) is 3. The molecule has 0 saturated heterocycles. The Morgan fingerprint density at radius 2 is 2.20 bits per heavy atom. The number of anilines is 1. The van der Waals surface area contributed by atoms with Gasteiger partial charge in [0.15, 0.2) is 5.11 Å². The average Bonchev–Trinajstić information content (AvgIpc) is 2.70. The number of nitrogens with two attached hydrogens (primary N) is 1. The number of benzene rings is 1. The van der Waals surface area contributed by atoms with E-state index in [1.807, 2.05) is 24.3 Å². The molecule has 2 rings (SSSR count). The topological polar surface area (TPSA) is 92.5 Å². The van der Waals surface area contributed by atoms with Crippen LogP contribution in [0.25, 0.3) is 11.4 Å². The highest BCUT2D eigenvalue weighted by Gasteiger charge is 2.08. The summed E-state index contributed by atoms with van der Waals surface area (Å²) in [6.45, 7) is 0. The van der Waals surface area contributed by atoms with Crippen molar-refractivity contribution in [1.82, 2.24) is 20.6 Å². The van der Waals surface area contributed by atoms with Crippen LogP contribution in [0.5, 0.6) is 0 Å². The molecule has 0 radical (unpaired) electrons. The van der Waals surface area contributed by atoms with Gasteiger partial charge in [0, 0.05) is 5.56 Å². The quantitative estimate of drug-likeness (QED) is 0.639. The maximum atomic E-state index is 5.40. The van der Waals surface area contributed by atoms with Gasteiger partial charge in [0.05, 0.1) is 5.69 Å². The van der Waals surface area contributed by atoms with Crippen LogP contribution in [0.2, 0.25) is 0 Å². The molecule has 0 saturated carbocycles. The van der Waals surface area contributed by atoms with Crippen molar-refractivity contribution in [2.45, 2.75) is 0 Å². The molecule has 76 valence electrons. The summed E-state index contributed by atoms with van der Waals surface area (Å²) in [5, 5.41) is 16.7. The van der Waals surface area contributed by atoms with Gasteiger partial charge in [0.25, 0.3) is 0 Å². The molecular formula is C8H8N6S. The minimum Gasteiger partial charge on any atom is -0.376 e. The van der Waals surface area contributed by atoms with Gasteiger partial charge in [0.1, 0.15) is 0 Å². The molecule has 1 aromatic carbocycles. The van der Waals surface area contributed by atoms with Crippen molar-refractivity contribution in [1.29, 1.82) is 0 Å². The molecule has 1 heterocycles. The van der Waals surface area contributed by atoms with Crippen LogP contribution in [-0.2, 0) is 0 Å². The number of H-pyrrole nitrogens is 1. The predicted molar refractivity (Wildman–Crippen MR) is 60.0 cm³/mol. The fraction of sp³-hybridized carbons (Fsp3) is 0. The van der Waals surface area contributed by atoms with Gasteiger partial charge < -0.3 is 11.1 Å². The zero-order valence-electron chi connectivity index (χ0n) is 7.64. The maximum Gasteiger partial charge on any atom is 0.206 e. The van der Waals surface area contributed by atoms with Gasteiger partial charge in [0.2, 0.25) is 5.82 Å². The number of tetrazole rings is 1. The Balaban J connectivity index is 2.42. The van der Waals surface area contributed by atoms with E-state index in [1.165, 1.54) is 0 Å². The number of thiocarbonyl (C=S) groups is 1. The minimum atomic E-state index is 0.200. The van der Waals surface area contributed by atoms with Crippen LogP contribution in [0.4, 0.5) is 5.69 Å². The Kier molecular flexibility index (Phi) is 2.55. The maximum absolute atomic E-state index is 5.40. The second-order valence-corrected chi connectivity index (χ2v) is 3.21. The number of aromatic nitrogens is 4. The molecule has 0 aliphatic heterocycles. The number of aromatic amines is 1. The SMILES string of the molecule is NC(=S)Nc1ccccc1-c1nn[nH]n1. The lowest BCUT2D eigenvalue weighted by Gasteiger charge is -2.06. The molecule has 0 spiro atoms. The second kappa shape index (κ2) is 4.01. The summed E-state index contributed by atoms with van der Waals surface area (Å²) in [6, 6.07) is 7.43. The number of rotatable bonds is 2. The van der Waals surface area contributed by atoms with E-state index in [0.29, 0.717) is 5.82 Å². The van der Waals surface area contributed by atoms with Gasteiger partial charge in [-0.2, -0.15) is 5.21 Å². The Morgan fingerprint density at radius 1 is 1.40 bits per heavy atom. The van der Waals surface area contributed by atoms with Crippen LogP contribution < -0.4 is 11.1 Å². The van der Waals surface area contributed by atoms with Crippen LogP contribution in [0, 0.1) is 0 Å². The third-order valence-corrected chi connectivity index (χ3v) is 1.87. The summed E-state index contributed by atoms with van der Waals surface area (Å²) in [4.78, 5) is 0. The number of nitrogens with one attached hydrogen (secondary N) is 2. The fourth-order valence-corrected chi connectivity index (χ4v) is 1.31. The summed E-state index contributed by atoms with van der Waals surface area (Å²) >= 11 is 4.77. The number of hydrogen-bond acceptors (Lipinski definition) is 4. The van der Waals surface area contributed by atoms with Crippen LogP contribution in [0.3, 0.4) is 0 Å². The molecule has 2 aromatic rings. The lowest BCUT2D eigenvalue weighted by atomic mass is 10.1. The first kappa shape index (κ1) is 9.53. The molecular weight excluding hydrogens is 212 g/mol. The lowest BCUT2D eigenvalue weighted by molar-refractivity contribution is 0.881. The van der Waals surface area contributed by atoms with Crippen LogP contribution in [0.1, 0.15) is 0 Å². The van der Waals surface area contributed by atoms with Crippen molar-refractivity contribution in [2.75, 3.05) is 5.32 Å². The zero-order chi connectivity index (χ0) is 10.7. The van der Waals surface area contributed by atoms with E-state index in [0.717, 1.165) is 11.3 Å². The van der Waals surface area contributed by atoms with Crippen LogP contribution >= 0.6 is 12.2 Å². The van der Waals surface area contributed by atoms with Crippen LogP contribution in [0.15, 0.2) is 24.3 Å². The van der Waals surface area contributed by atoms with Crippen molar-refractivity contribution in [2.24, 2.45) is 5.73 Å². The Morgan fingerprint density at radius 3 is 2.87 bits per heavy atom. The highest BCUT2D eigenvalue weighted by Crippen LogP contribution is 2.23. The molecule has 7 heteroatoms. The third kappa shape index (κ3) is 2.08. The van der Waals surface area contributed by atoms with Crippen molar-refractivity contribution in [3.63, 3.8) is 0 Å². The van der Waals surface area contributed by atoms with Crippen molar-refractivity contribution in [3.8, 4) is 11.4 Å². The van der Waals surface area contributed by atoms with E-state index in [4.69, 9.17) is 18.0 Å². The Bertz CT molecular complexity index is 466. The van der Waals surface area contributed by atoms with E-state index >= 15 is 0 Å². The zero-order valence-corrected chi connectivity index (χ0v) is 8.45. The smallest absolute Gasteiger partial charge is 0.206 e. The van der Waals surface area contributed by atoms with Gasteiger partial charge >= 0.3 is 0 Å². The predicted octanol–water partition coefficient (Wildman–Crippen LogP) is 0.522. The monoisotopic (exact) mass is 220 g/mol. The fourth-order valence-electron chi connectivity index (χ4n) is 1.20. The van der Waals surface area contributed by atoms with E-state index in [2.05, 4.69) is 25.9 Å². The van der Waals surface area contributed by atoms with E-state index in [1.54, 1.807) is 0 Å². The molecule has 0 aliphatic carbocycles. The molecule has 0 atom stereocenters. The molecule has 4 N–H and O–H groups in total. The van der Waals surface area contributed by atoms with Gasteiger partial charge in [-0.05, 0) is 29.6 Å². The van der Waals surface area contributed by atoms with E-state index < -0.39 is 0 Å². The first-order valence-electron chi connectivity index (χ1n) is 4.16. The summed E-state index contributed by atoms with van der Waals surface area (Å²) in [5.41, 5.74) is 6.95. The second-order valence-electron chi connectivity index (χ2n) is 2.77. The van der Waals surface area contributed by atoms with Gasteiger partial charge in [-0.1, -0.05) is 12.1 Å². The molecule has 0 bridgehead atoms. The van der Waals surface area contributed by atoms with Gasteiger partial charge in [-0.15, -0.1) is 10.2 Å². The largest absolute Gasteiger partial charge is 0.376 e. The average molecular weight is 220 g/mol. The molecule has 6 nitrogen and oxygen atoms in total. The Hall–Kier alpha value is -2.02. The van der Waals surface area contributed by atoms with Crippen molar-refractivity contribution < 1.29 is 0 Å². The summed E-state index contributed by atoms with van der Waals surface area (Å²) in [7, 11) is 0.